The number of nitrogen functional groups attached to an aromatic ring is 1. The van der Waals surface area contributed by atoms with E-state index in [1.807, 2.05) is 24.3 Å². The Morgan fingerprint density at radius 1 is 1.20 bits per heavy atom. The number of hydrogen-bond donors (Lipinski definition) is 1. The zero-order chi connectivity index (χ0) is 13.7. The molecule has 3 heterocycles. The van der Waals surface area contributed by atoms with Gasteiger partial charge in [0.05, 0.1) is 17.9 Å². The Kier molecular flexibility index (Phi) is 2.02. The number of nitrogens with two attached hydrogens (primary N) is 1. The van der Waals surface area contributed by atoms with Crippen molar-refractivity contribution in [2.24, 2.45) is 0 Å². The molecule has 2 N–H and O–H groups in total. The van der Waals surface area contributed by atoms with E-state index in [0.717, 1.165) is 17.2 Å². The lowest BCUT2D eigenvalue weighted by Gasteiger charge is -2.00. The van der Waals surface area contributed by atoms with Gasteiger partial charge in [-0.1, -0.05) is 17.3 Å². The maximum Gasteiger partial charge on any atom is 0.183 e. The number of halogens is 1. The van der Waals surface area contributed by atoms with Crippen molar-refractivity contribution in [3.63, 3.8) is 0 Å². The van der Waals surface area contributed by atoms with Crippen molar-refractivity contribution in [3.8, 4) is 5.69 Å². The fraction of sp³-hybridized carbons (Fsp3) is 0. The molecule has 0 aliphatic heterocycles. The van der Waals surface area contributed by atoms with E-state index in [1.165, 1.54) is 10.7 Å². The maximum atomic E-state index is 13.2. The monoisotopic (exact) mass is 269 g/mol. The molecule has 0 saturated heterocycles. The molecule has 0 saturated carbocycles. The van der Waals surface area contributed by atoms with Crippen LogP contribution in [0.4, 0.5) is 10.2 Å². The molecule has 4 rings (SSSR count). The summed E-state index contributed by atoms with van der Waals surface area (Å²) in [5.41, 5.74) is 8.31. The van der Waals surface area contributed by atoms with Gasteiger partial charge in [-0.15, -0.1) is 10.2 Å². The first-order valence-corrected chi connectivity index (χ1v) is 5.84. The molecule has 4 aromatic rings. The summed E-state index contributed by atoms with van der Waals surface area (Å²) in [7, 11) is 0. The Morgan fingerprint density at radius 3 is 2.95 bits per heavy atom. The molecule has 3 aromatic heterocycles. The van der Waals surface area contributed by atoms with Gasteiger partial charge in [-0.2, -0.15) is 0 Å². The first kappa shape index (κ1) is 10.9. The molecular formula is C12H8FN7. The number of hydrogen-bond acceptors (Lipinski definition) is 5. The number of nitrogens with zero attached hydrogens (tertiary/aromatic N) is 6. The highest BCUT2D eigenvalue weighted by molar-refractivity contribution is 5.81. The molecule has 98 valence electrons. The van der Waals surface area contributed by atoms with Gasteiger partial charge in [0, 0.05) is 0 Å². The molecule has 0 unspecified atom stereocenters. The standard InChI is InChI=1S/C12H8FN7/c13-7-5-15-12-10(11(14)17-19(12)6-7)20-9-4-2-1-3-8(9)16-18-20/h1-6H,(H2,14,17). The predicted molar refractivity (Wildman–Crippen MR) is 69.8 cm³/mol. The third-order valence-corrected chi connectivity index (χ3v) is 3.01. The minimum atomic E-state index is -0.491. The van der Waals surface area contributed by atoms with E-state index in [0.29, 0.717) is 11.3 Å². The first-order chi connectivity index (χ1) is 9.74. The Morgan fingerprint density at radius 2 is 2.05 bits per heavy atom. The van der Waals surface area contributed by atoms with Crippen molar-refractivity contribution >= 4 is 22.5 Å². The van der Waals surface area contributed by atoms with Gasteiger partial charge in [0.15, 0.2) is 23.0 Å². The fourth-order valence-corrected chi connectivity index (χ4v) is 2.15. The van der Waals surface area contributed by atoms with Crippen LogP contribution >= 0.6 is 0 Å². The van der Waals surface area contributed by atoms with Crippen LogP contribution in [0.2, 0.25) is 0 Å². The van der Waals surface area contributed by atoms with E-state index in [4.69, 9.17) is 5.73 Å². The van der Waals surface area contributed by atoms with Crippen molar-refractivity contribution in [2.75, 3.05) is 5.73 Å². The smallest absolute Gasteiger partial charge is 0.183 e. The molecule has 7 nitrogen and oxygen atoms in total. The second-order valence-corrected chi connectivity index (χ2v) is 4.26. The lowest BCUT2D eigenvalue weighted by atomic mass is 10.3. The number of benzene rings is 1. The van der Waals surface area contributed by atoms with Crippen LogP contribution in [0.3, 0.4) is 0 Å². The van der Waals surface area contributed by atoms with Gasteiger partial charge in [-0.3, -0.25) is 0 Å². The molecule has 20 heavy (non-hydrogen) atoms. The molecule has 1 aromatic carbocycles. The van der Waals surface area contributed by atoms with Crippen molar-refractivity contribution in [1.82, 2.24) is 29.6 Å². The highest BCUT2D eigenvalue weighted by Crippen LogP contribution is 2.24. The summed E-state index contributed by atoms with van der Waals surface area (Å²) in [5.74, 6) is -0.284. The quantitative estimate of drug-likeness (QED) is 0.560. The third kappa shape index (κ3) is 1.38. The highest BCUT2D eigenvalue weighted by Gasteiger charge is 2.17. The van der Waals surface area contributed by atoms with E-state index in [-0.39, 0.29) is 5.82 Å². The summed E-state index contributed by atoms with van der Waals surface area (Å²) in [4.78, 5) is 4.02. The lowest BCUT2D eigenvalue weighted by Crippen LogP contribution is -2.01. The van der Waals surface area contributed by atoms with Crippen LogP contribution in [-0.4, -0.2) is 29.6 Å². The Bertz CT molecular complexity index is 939. The van der Waals surface area contributed by atoms with Crippen LogP contribution in [0.5, 0.6) is 0 Å². The third-order valence-electron chi connectivity index (χ3n) is 3.01. The minimum absolute atomic E-state index is 0.207. The number of anilines is 1. The number of rotatable bonds is 1. The van der Waals surface area contributed by atoms with E-state index >= 15 is 0 Å². The summed E-state index contributed by atoms with van der Waals surface area (Å²) in [5, 5.41) is 12.2. The van der Waals surface area contributed by atoms with E-state index < -0.39 is 5.82 Å². The topological polar surface area (TPSA) is 86.9 Å². The molecule has 0 amide bonds. The molecular weight excluding hydrogens is 261 g/mol. The Labute approximate surface area is 111 Å². The first-order valence-electron chi connectivity index (χ1n) is 5.84. The maximum absolute atomic E-state index is 13.2. The van der Waals surface area contributed by atoms with Gasteiger partial charge < -0.3 is 5.73 Å². The SMILES string of the molecule is Nc1nn2cc(F)cnc2c1-n1nnc2ccccc21. The van der Waals surface area contributed by atoms with E-state index in [1.54, 1.807) is 4.68 Å². The highest BCUT2D eigenvalue weighted by atomic mass is 19.1. The van der Waals surface area contributed by atoms with Gasteiger partial charge in [-0.25, -0.2) is 18.6 Å². The van der Waals surface area contributed by atoms with Gasteiger partial charge in [0.2, 0.25) is 0 Å². The zero-order valence-electron chi connectivity index (χ0n) is 10.1. The number of fused-ring (bicyclic) bond motifs is 2. The molecule has 0 spiro atoms. The average molecular weight is 269 g/mol. The molecule has 0 aliphatic carbocycles. The second kappa shape index (κ2) is 3.73. The van der Waals surface area contributed by atoms with Gasteiger partial charge >= 0.3 is 0 Å². The van der Waals surface area contributed by atoms with Crippen LogP contribution < -0.4 is 5.73 Å². The van der Waals surface area contributed by atoms with E-state index in [2.05, 4.69) is 20.4 Å². The van der Waals surface area contributed by atoms with Crippen molar-refractivity contribution in [3.05, 3.63) is 42.5 Å². The molecule has 0 aliphatic rings. The molecule has 0 atom stereocenters. The van der Waals surface area contributed by atoms with Crippen molar-refractivity contribution in [2.45, 2.75) is 0 Å². The summed E-state index contributed by atoms with van der Waals surface area (Å²) in [6.45, 7) is 0. The van der Waals surface area contributed by atoms with Crippen LogP contribution in [0.1, 0.15) is 0 Å². The van der Waals surface area contributed by atoms with Gasteiger partial charge in [0.1, 0.15) is 5.52 Å². The van der Waals surface area contributed by atoms with Crippen LogP contribution in [0.15, 0.2) is 36.7 Å². The van der Waals surface area contributed by atoms with Gasteiger partial charge in [0.25, 0.3) is 0 Å². The molecule has 8 heteroatoms. The lowest BCUT2D eigenvalue weighted by molar-refractivity contribution is 0.607. The van der Waals surface area contributed by atoms with Crippen molar-refractivity contribution in [1.29, 1.82) is 0 Å². The number of para-hydroxylation sites is 1. The summed E-state index contributed by atoms with van der Waals surface area (Å²) in [6, 6.07) is 7.45. The zero-order valence-corrected chi connectivity index (χ0v) is 10.1. The van der Waals surface area contributed by atoms with Crippen LogP contribution in [0.25, 0.3) is 22.4 Å². The Balaban J connectivity index is 2.09. The summed E-state index contributed by atoms with van der Waals surface area (Å²) in [6.07, 6.45) is 2.32. The largest absolute Gasteiger partial charge is 0.380 e. The normalized spacial score (nSPS) is 11.4. The molecule has 0 fully saturated rings. The summed E-state index contributed by atoms with van der Waals surface area (Å²) < 4.78 is 16.0. The minimum Gasteiger partial charge on any atom is -0.380 e. The Hall–Kier alpha value is -3.03. The van der Waals surface area contributed by atoms with Crippen LogP contribution in [0, 0.1) is 5.82 Å². The molecule has 0 bridgehead atoms. The van der Waals surface area contributed by atoms with Crippen molar-refractivity contribution < 1.29 is 4.39 Å². The fourth-order valence-electron chi connectivity index (χ4n) is 2.15. The van der Waals surface area contributed by atoms with E-state index in [9.17, 15) is 4.39 Å². The van der Waals surface area contributed by atoms with Crippen LogP contribution in [-0.2, 0) is 0 Å². The molecule has 0 radical (unpaired) electrons. The summed E-state index contributed by atoms with van der Waals surface area (Å²) >= 11 is 0. The van der Waals surface area contributed by atoms with Gasteiger partial charge in [-0.05, 0) is 12.1 Å². The average Bonchev–Trinajstić information content (AvgIpc) is 2.98. The number of aromatic nitrogens is 6. The second-order valence-electron chi connectivity index (χ2n) is 4.26. The predicted octanol–water partition coefficient (Wildman–Crippen LogP) is 1.18.